The van der Waals surface area contributed by atoms with Crippen molar-refractivity contribution >= 4 is 41.6 Å². The summed E-state index contributed by atoms with van der Waals surface area (Å²) in [5, 5.41) is 4.95. The topological polar surface area (TPSA) is 114 Å². The van der Waals surface area contributed by atoms with E-state index < -0.39 is 6.03 Å². The highest BCUT2D eigenvalue weighted by Crippen LogP contribution is 2.32. The van der Waals surface area contributed by atoms with Gasteiger partial charge in [-0.3, -0.25) is 19.8 Å². The number of halogens is 1. The summed E-state index contributed by atoms with van der Waals surface area (Å²) in [5.41, 5.74) is 6.34. The average molecular weight is 343 g/mol. The number of carbonyl (C=O) groups is 3. The SMILES string of the molecule is COc1ccc(NC(=O)CCN)cc1N1CCC(=O)NC1=O.Cl. The summed E-state index contributed by atoms with van der Waals surface area (Å²) in [5.74, 6) is -0.0502. The van der Waals surface area contributed by atoms with Crippen molar-refractivity contribution in [3.8, 4) is 5.75 Å². The minimum atomic E-state index is -0.514. The van der Waals surface area contributed by atoms with Crippen molar-refractivity contribution < 1.29 is 19.1 Å². The Balaban J connectivity index is 0.00000264. The quantitative estimate of drug-likeness (QED) is 0.734. The van der Waals surface area contributed by atoms with E-state index >= 15 is 0 Å². The molecule has 8 nitrogen and oxygen atoms in total. The van der Waals surface area contributed by atoms with Crippen molar-refractivity contribution in [2.45, 2.75) is 12.8 Å². The van der Waals surface area contributed by atoms with Gasteiger partial charge < -0.3 is 15.8 Å². The van der Waals surface area contributed by atoms with Crippen LogP contribution in [0.5, 0.6) is 5.75 Å². The van der Waals surface area contributed by atoms with Gasteiger partial charge in [0.1, 0.15) is 5.75 Å². The maximum atomic E-state index is 11.9. The monoisotopic (exact) mass is 342 g/mol. The van der Waals surface area contributed by atoms with Gasteiger partial charge in [-0.25, -0.2) is 4.79 Å². The number of carbonyl (C=O) groups excluding carboxylic acids is 3. The molecule has 0 saturated carbocycles. The van der Waals surface area contributed by atoms with E-state index in [4.69, 9.17) is 10.5 Å². The zero-order valence-corrected chi connectivity index (χ0v) is 13.4. The number of nitrogens with one attached hydrogen (secondary N) is 2. The minimum Gasteiger partial charge on any atom is -0.495 e. The molecule has 0 atom stereocenters. The summed E-state index contributed by atoms with van der Waals surface area (Å²) in [6.45, 7) is 0.507. The zero-order valence-electron chi connectivity index (χ0n) is 12.6. The molecule has 23 heavy (non-hydrogen) atoms. The van der Waals surface area contributed by atoms with Gasteiger partial charge in [0.25, 0.3) is 0 Å². The van der Waals surface area contributed by atoms with Crippen molar-refractivity contribution in [1.29, 1.82) is 0 Å². The van der Waals surface area contributed by atoms with Crippen LogP contribution in [0.2, 0.25) is 0 Å². The normalized spacial score (nSPS) is 13.9. The third kappa shape index (κ3) is 4.57. The van der Waals surface area contributed by atoms with Gasteiger partial charge in [0.05, 0.1) is 12.8 Å². The summed E-state index contributed by atoms with van der Waals surface area (Å²) in [7, 11) is 1.48. The van der Waals surface area contributed by atoms with Gasteiger partial charge in [0.15, 0.2) is 0 Å². The van der Waals surface area contributed by atoms with Crippen LogP contribution in [0.3, 0.4) is 0 Å². The number of hydrogen-bond acceptors (Lipinski definition) is 5. The fourth-order valence-electron chi connectivity index (χ4n) is 2.13. The highest BCUT2D eigenvalue weighted by Gasteiger charge is 2.26. The number of urea groups is 1. The molecule has 0 aromatic heterocycles. The molecule has 1 fully saturated rings. The van der Waals surface area contributed by atoms with Gasteiger partial charge in [0.2, 0.25) is 11.8 Å². The van der Waals surface area contributed by atoms with Gasteiger partial charge in [-0.15, -0.1) is 12.4 Å². The predicted octanol–water partition coefficient (Wildman–Crippen LogP) is 0.851. The van der Waals surface area contributed by atoms with E-state index in [0.29, 0.717) is 17.1 Å². The number of nitrogens with zero attached hydrogens (tertiary/aromatic N) is 1. The molecule has 9 heteroatoms. The first kappa shape index (κ1) is 18.7. The van der Waals surface area contributed by atoms with E-state index in [1.54, 1.807) is 18.2 Å². The molecule has 0 spiro atoms. The second kappa shape index (κ2) is 8.35. The summed E-state index contributed by atoms with van der Waals surface area (Å²) >= 11 is 0. The molecule has 0 unspecified atom stereocenters. The molecular formula is C14H19ClN4O4. The molecule has 1 aliphatic heterocycles. The Morgan fingerprint density at radius 3 is 2.78 bits per heavy atom. The van der Waals surface area contributed by atoms with Crippen LogP contribution < -0.4 is 26.0 Å². The number of anilines is 2. The molecule has 1 aliphatic rings. The van der Waals surface area contributed by atoms with E-state index in [1.807, 2.05) is 0 Å². The van der Waals surface area contributed by atoms with Crippen LogP contribution in [0, 0.1) is 0 Å². The second-order valence-corrected chi connectivity index (χ2v) is 4.73. The third-order valence-corrected chi connectivity index (χ3v) is 3.18. The molecule has 1 aromatic rings. The third-order valence-electron chi connectivity index (χ3n) is 3.18. The lowest BCUT2D eigenvalue weighted by molar-refractivity contribution is -0.120. The van der Waals surface area contributed by atoms with Crippen LogP contribution in [0.4, 0.5) is 16.2 Å². The minimum absolute atomic E-state index is 0. The zero-order chi connectivity index (χ0) is 16.1. The lowest BCUT2D eigenvalue weighted by Gasteiger charge is -2.28. The largest absolute Gasteiger partial charge is 0.495 e. The molecule has 2 rings (SSSR count). The standard InChI is InChI=1S/C14H18N4O4.ClH/c1-22-11-3-2-9(16-12(19)4-6-15)8-10(11)18-7-5-13(20)17-14(18)21;/h2-3,8H,4-7,15H2,1H3,(H,16,19)(H,17,20,21);1H. The van der Waals surface area contributed by atoms with E-state index in [1.165, 1.54) is 12.0 Å². The van der Waals surface area contributed by atoms with Crippen LogP contribution in [0.25, 0.3) is 0 Å². The summed E-state index contributed by atoms with van der Waals surface area (Å²) in [4.78, 5) is 36.2. The first-order valence-corrected chi connectivity index (χ1v) is 6.84. The van der Waals surface area contributed by atoms with Crippen LogP contribution in [-0.2, 0) is 9.59 Å². The first-order chi connectivity index (χ1) is 10.5. The summed E-state index contributed by atoms with van der Waals surface area (Å²) < 4.78 is 5.24. The maximum absolute atomic E-state index is 11.9. The first-order valence-electron chi connectivity index (χ1n) is 6.84. The Morgan fingerprint density at radius 2 is 2.17 bits per heavy atom. The number of amides is 4. The van der Waals surface area contributed by atoms with Crippen molar-refractivity contribution in [2.24, 2.45) is 5.73 Å². The summed E-state index contributed by atoms with van der Waals surface area (Å²) in [6.07, 6.45) is 0.415. The van der Waals surface area contributed by atoms with Crippen LogP contribution >= 0.6 is 12.4 Å². The van der Waals surface area contributed by atoms with Gasteiger partial charge in [-0.2, -0.15) is 0 Å². The van der Waals surface area contributed by atoms with Gasteiger partial charge in [-0.1, -0.05) is 0 Å². The smallest absolute Gasteiger partial charge is 0.328 e. The van der Waals surface area contributed by atoms with Crippen molar-refractivity contribution in [2.75, 3.05) is 30.4 Å². The molecule has 1 saturated heterocycles. The van der Waals surface area contributed by atoms with E-state index in [-0.39, 0.29) is 50.2 Å². The Labute approximate surface area is 139 Å². The van der Waals surface area contributed by atoms with Crippen LogP contribution in [0.1, 0.15) is 12.8 Å². The number of benzene rings is 1. The van der Waals surface area contributed by atoms with Gasteiger partial charge >= 0.3 is 6.03 Å². The highest BCUT2D eigenvalue weighted by molar-refractivity contribution is 6.06. The Hall–Kier alpha value is -2.32. The molecule has 4 amide bonds. The Bertz CT molecular complexity index is 608. The highest BCUT2D eigenvalue weighted by atomic mass is 35.5. The van der Waals surface area contributed by atoms with Crippen molar-refractivity contribution in [3.05, 3.63) is 18.2 Å². The van der Waals surface area contributed by atoms with Crippen molar-refractivity contribution in [1.82, 2.24) is 5.32 Å². The number of ether oxygens (including phenoxy) is 1. The number of methoxy groups -OCH3 is 1. The molecular weight excluding hydrogens is 324 g/mol. The predicted molar refractivity (Wildman–Crippen MR) is 88.0 cm³/mol. The van der Waals surface area contributed by atoms with E-state index in [2.05, 4.69) is 10.6 Å². The van der Waals surface area contributed by atoms with Gasteiger partial charge in [-0.05, 0) is 18.2 Å². The molecule has 4 N–H and O–H groups in total. The lowest BCUT2D eigenvalue weighted by Crippen LogP contribution is -2.49. The second-order valence-electron chi connectivity index (χ2n) is 4.73. The maximum Gasteiger partial charge on any atom is 0.328 e. The lowest BCUT2D eigenvalue weighted by atomic mass is 10.2. The number of imide groups is 1. The van der Waals surface area contributed by atoms with Crippen LogP contribution in [0.15, 0.2) is 18.2 Å². The van der Waals surface area contributed by atoms with Crippen LogP contribution in [-0.4, -0.2) is 38.0 Å². The number of nitrogens with two attached hydrogens (primary N) is 1. The number of rotatable bonds is 5. The number of hydrogen-bond donors (Lipinski definition) is 3. The molecule has 126 valence electrons. The van der Waals surface area contributed by atoms with Gasteiger partial charge in [0, 0.05) is 31.6 Å². The fraction of sp³-hybridized carbons (Fsp3) is 0.357. The van der Waals surface area contributed by atoms with Crippen molar-refractivity contribution in [3.63, 3.8) is 0 Å². The Morgan fingerprint density at radius 1 is 1.43 bits per heavy atom. The molecule has 0 aliphatic carbocycles. The van der Waals surface area contributed by atoms with E-state index in [9.17, 15) is 14.4 Å². The summed E-state index contributed by atoms with van der Waals surface area (Å²) in [6, 6.07) is 4.43. The van der Waals surface area contributed by atoms with E-state index in [0.717, 1.165) is 0 Å². The molecule has 0 radical (unpaired) electrons. The Kier molecular flexibility index (Phi) is 6.80. The molecule has 1 heterocycles. The molecule has 0 bridgehead atoms. The molecule has 1 aromatic carbocycles. The average Bonchev–Trinajstić information content (AvgIpc) is 2.47. The fourth-order valence-corrected chi connectivity index (χ4v) is 2.13.